The molecular formula is C26H35N3O4. The van der Waals surface area contributed by atoms with E-state index in [4.69, 9.17) is 0 Å². The zero-order valence-corrected chi connectivity index (χ0v) is 19.3. The van der Waals surface area contributed by atoms with E-state index in [2.05, 4.69) is 9.88 Å². The molecule has 1 saturated carbocycles. The number of rotatable bonds is 9. The lowest BCUT2D eigenvalue weighted by molar-refractivity contribution is -0.144. The average molecular weight is 454 g/mol. The molecule has 0 radical (unpaired) electrons. The molecule has 2 fully saturated rings. The van der Waals surface area contributed by atoms with Crippen LogP contribution in [0.15, 0.2) is 30.5 Å². The van der Waals surface area contributed by atoms with Gasteiger partial charge in [0.05, 0.1) is 0 Å². The first-order valence-electron chi connectivity index (χ1n) is 12.4. The maximum absolute atomic E-state index is 12.9. The zero-order valence-electron chi connectivity index (χ0n) is 19.3. The van der Waals surface area contributed by atoms with Gasteiger partial charge in [-0.25, -0.2) is 0 Å². The van der Waals surface area contributed by atoms with Gasteiger partial charge in [0.1, 0.15) is 6.54 Å². The lowest BCUT2D eigenvalue weighted by Crippen LogP contribution is -2.49. The molecule has 2 heterocycles. The summed E-state index contributed by atoms with van der Waals surface area (Å²) in [6.45, 7) is 0.867. The Morgan fingerprint density at radius 3 is 2.70 bits per heavy atom. The van der Waals surface area contributed by atoms with Crippen LogP contribution in [0.5, 0.6) is 0 Å². The van der Waals surface area contributed by atoms with Crippen LogP contribution in [-0.2, 0) is 20.8 Å². The van der Waals surface area contributed by atoms with Crippen LogP contribution in [0.1, 0.15) is 63.4 Å². The summed E-state index contributed by atoms with van der Waals surface area (Å²) >= 11 is 0. The first-order valence-corrected chi connectivity index (χ1v) is 12.4. The van der Waals surface area contributed by atoms with Crippen molar-refractivity contribution in [3.05, 3.63) is 36.0 Å². The molecule has 1 aliphatic heterocycles. The van der Waals surface area contributed by atoms with E-state index in [0.717, 1.165) is 35.9 Å². The summed E-state index contributed by atoms with van der Waals surface area (Å²) < 4.78 is 0. The van der Waals surface area contributed by atoms with Crippen molar-refractivity contribution in [2.24, 2.45) is 5.92 Å². The molecule has 1 saturated heterocycles. The van der Waals surface area contributed by atoms with E-state index in [1.165, 1.54) is 30.6 Å². The number of hydrogen-bond donors (Lipinski definition) is 2. The van der Waals surface area contributed by atoms with E-state index in [0.29, 0.717) is 37.8 Å². The number of likely N-dealkylation sites (tertiary alicyclic amines) is 1. The van der Waals surface area contributed by atoms with Crippen molar-refractivity contribution in [1.29, 1.82) is 0 Å². The molecule has 0 bridgehead atoms. The number of piperidine rings is 1. The van der Waals surface area contributed by atoms with E-state index >= 15 is 0 Å². The summed E-state index contributed by atoms with van der Waals surface area (Å²) in [6.07, 6.45) is 10.6. The number of carbonyl (C=O) groups is 3. The van der Waals surface area contributed by atoms with Crippen molar-refractivity contribution in [3.8, 4) is 0 Å². The zero-order chi connectivity index (χ0) is 23.2. The smallest absolute Gasteiger partial charge is 0.323 e. The molecule has 1 aromatic carbocycles. The van der Waals surface area contributed by atoms with Crippen LogP contribution >= 0.6 is 0 Å². The fourth-order valence-corrected chi connectivity index (χ4v) is 5.68. The summed E-state index contributed by atoms with van der Waals surface area (Å²) in [7, 11) is 0. The molecule has 33 heavy (non-hydrogen) atoms. The Balaban J connectivity index is 1.29. The van der Waals surface area contributed by atoms with Crippen molar-refractivity contribution < 1.29 is 19.5 Å². The number of benzene rings is 1. The van der Waals surface area contributed by atoms with Gasteiger partial charge in [0.25, 0.3) is 0 Å². The normalized spacial score (nSPS) is 20.4. The second-order valence-electron chi connectivity index (χ2n) is 9.51. The molecule has 2 amide bonds. The number of hydrogen-bond acceptors (Lipinski definition) is 3. The Morgan fingerprint density at radius 1 is 1.06 bits per heavy atom. The van der Waals surface area contributed by atoms with Crippen LogP contribution in [0, 0.1) is 5.92 Å². The first kappa shape index (κ1) is 23.3. The third-order valence-corrected chi connectivity index (χ3v) is 7.35. The highest BCUT2D eigenvalue weighted by atomic mass is 16.4. The van der Waals surface area contributed by atoms with Gasteiger partial charge in [0.2, 0.25) is 11.8 Å². The highest BCUT2D eigenvalue weighted by molar-refractivity contribution is 5.84. The largest absolute Gasteiger partial charge is 0.480 e. The van der Waals surface area contributed by atoms with Gasteiger partial charge >= 0.3 is 5.97 Å². The lowest BCUT2D eigenvalue weighted by atomic mass is 9.78. The van der Waals surface area contributed by atoms with Gasteiger partial charge in [-0.2, -0.15) is 0 Å². The van der Waals surface area contributed by atoms with E-state index in [-0.39, 0.29) is 24.8 Å². The standard InChI is InChI=1S/C26H35N3O4/c30-24(12-5-13-25(31)29-15-6-8-19-7-1-4-11-23(19)29)28(18-26(32)33)16-14-20-17-27-22-10-3-2-9-21(20)22/h2-3,9-10,17,19,23,27H,1,4-8,11-16,18H2,(H,32,33). The number of fused-ring (bicyclic) bond motifs is 2. The minimum atomic E-state index is -1.02. The number of H-pyrrole nitrogens is 1. The second kappa shape index (κ2) is 10.9. The fraction of sp³-hybridized carbons (Fsp3) is 0.577. The van der Waals surface area contributed by atoms with Crippen LogP contribution in [0.4, 0.5) is 0 Å². The SMILES string of the molecule is O=C(O)CN(CCc1c[nH]c2ccccc12)C(=O)CCCC(=O)N1CCCC2CCCCC21. The van der Waals surface area contributed by atoms with Crippen LogP contribution in [0.25, 0.3) is 10.9 Å². The molecule has 2 N–H and O–H groups in total. The molecule has 178 valence electrons. The van der Waals surface area contributed by atoms with Crippen molar-refractivity contribution in [3.63, 3.8) is 0 Å². The number of nitrogens with zero attached hydrogens (tertiary/aromatic N) is 2. The van der Waals surface area contributed by atoms with Gasteiger partial charge in [-0.05, 0) is 56.1 Å². The van der Waals surface area contributed by atoms with Crippen molar-refractivity contribution in [1.82, 2.24) is 14.8 Å². The third kappa shape index (κ3) is 5.75. The quantitative estimate of drug-likeness (QED) is 0.601. The molecule has 0 spiro atoms. The summed E-state index contributed by atoms with van der Waals surface area (Å²) in [4.78, 5) is 43.8. The first-order chi connectivity index (χ1) is 16.0. The number of para-hydroxylation sites is 1. The highest BCUT2D eigenvalue weighted by Gasteiger charge is 2.35. The van der Waals surface area contributed by atoms with Crippen molar-refractivity contribution in [2.75, 3.05) is 19.6 Å². The molecular weight excluding hydrogens is 418 g/mol. The Labute approximate surface area is 195 Å². The molecule has 1 aromatic heterocycles. The molecule has 7 heteroatoms. The number of aliphatic carboxylic acids is 1. The maximum atomic E-state index is 12.9. The predicted molar refractivity (Wildman–Crippen MR) is 127 cm³/mol. The van der Waals surface area contributed by atoms with Crippen molar-refractivity contribution >= 4 is 28.7 Å². The number of aromatic nitrogens is 1. The minimum absolute atomic E-state index is 0.156. The number of carbonyl (C=O) groups excluding carboxylic acids is 2. The highest BCUT2D eigenvalue weighted by Crippen LogP contribution is 2.35. The number of carboxylic acids is 1. The van der Waals surface area contributed by atoms with Gasteiger partial charge < -0.3 is 19.9 Å². The van der Waals surface area contributed by atoms with Gasteiger partial charge in [-0.3, -0.25) is 14.4 Å². The van der Waals surface area contributed by atoms with Gasteiger partial charge in [0, 0.05) is 49.1 Å². The Bertz CT molecular complexity index is 983. The van der Waals surface area contributed by atoms with Crippen LogP contribution in [0.3, 0.4) is 0 Å². The number of nitrogens with one attached hydrogen (secondary N) is 1. The van der Waals surface area contributed by atoms with E-state index in [1.54, 1.807) is 0 Å². The molecule has 2 aromatic rings. The maximum Gasteiger partial charge on any atom is 0.323 e. The van der Waals surface area contributed by atoms with E-state index < -0.39 is 5.97 Å². The summed E-state index contributed by atoms with van der Waals surface area (Å²) in [5, 5.41) is 10.4. The van der Waals surface area contributed by atoms with Crippen LogP contribution in [0.2, 0.25) is 0 Å². The molecule has 2 atom stereocenters. The lowest BCUT2D eigenvalue weighted by Gasteiger charge is -2.44. The van der Waals surface area contributed by atoms with Gasteiger partial charge in [-0.15, -0.1) is 0 Å². The average Bonchev–Trinajstić information content (AvgIpc) is 3.24. The Morgan fingerprint density at radius 2 is 1.85 bits per heavy atom. The van der Waals surface area contributed by atoms with Crippen LogP contribution < -0.4 is 0 Å². The molecule has 7 nitrogen and oxygen atoms in total. The van der Waals surface area contributed by atoms with Crippen molar-refractivity contribution in [2.45, 2.75) is 70.3 Å². The molecule has 4 rings (SSSR count). The predicted octanol–water partition coefficient (Wildman–Crippen LogP) is 3.98. The number of carboxylic acid groups (broad SMARTS) is 1. The molecule has 2 aliphatic rings. The molecule has 1 aliphatic carbocycles. The fourth-order valence-electron chi connectivity index (χ4n) is 5.68. The summed E-state index contributed by atoms with van der Waals surface area (Å²) in [6, 6.07) is 8.33. The monoisotopic (exact) mass is 453 g/mol. The Kier molecular flexibility index (Phi) is 7.68. The number of amides is 2. The van der Waals surface area contributed by atoms with E-state index in [9.17, 15) is 19.5 Å². The summed E-state index contributed by atoms with van der Waals surface area (Å²) in [5.41, 5.74) is 2.09. The number of aromatic amines is 1. The summed E-state index contributed by atoms with van der Waals surface area (Å²) in [5.74, 6) is -0.411. The minimum Gasteiger partial charge on any atom is -0.480 e. The van der Waals surface area contributed by atoms with Crippen LogP contribution in [-0.4, -0.2) is 63.4 Å². The molecule has 2 unspecified atom stereocenters. The third-order valence-electron chi connectivity index (χ3n) is 7.35. The van der Waals surface area contributed by atoms with E-state index in [1.807, 2.05) is 30.5 Å². The Hall–Kier alpha value is -2.83. The second-order valence-corrected chi connectivity index (χ2v) is 9.51. The van der Waals surface area contributed by atoms with Gasteiger partial charge in [-0.1, -0.05) is 31.0 Å². The topological polar surface area (TPSA) is 93.7 Å². The van der Waals surface area contributed by atoms with Gasteiger partial charge in [0.15, 0.2) is 0 Å².